The van der Waals surface area contributed by atoms with Gasteiger partial charge in [-0.3, -0.25) is 9.59 Å². The van der Waals surface area contributed by atoms with E-state index in [0.717, 1.165) is 39.1 Å². The van der Waals surface area contributed by atoms with Gasteiger partial charge in [0.15, 0.2) is 0 Å². The SMILES string of the molecule is C[C@@H](CC(N)=O)C(=O)N1CC2CN(CC[CH]c3ccccc3)CC2C1. The fourth-order valence-electron chi connectivity index (χ4n) is 4.16. The van der Waals surface area contributed by atoms with Crippen LogP contribution in [0.4, 0.5) is 0 Å². The molecule has 2 heterocycles. The van der Waals surface area contributed by atoms with Crippen molar-refractivity contribution in [3.05, 3.63) is 42.3 Å². The number of primary amides is 1. The van der Waals surface area contributed by atoms with Gasteiger partial charge in [0.1, 0.15) is 0 Å². The lowest BCUT2D eigenvalue weighted by Crippen LogP contribution is -2.37. The van der Waals surface area contributed by atoms with Crippen LogP contribution in [0.25, 0.3) is 0 Å². The summed E-state index contributed by atoms with van der Waals surface area (Å²) in [5.41, 5.74) is 6.49. The highest BCUT2D eigenvalue weighted by Gasteiger charge is 2.41. The van der Waals surface area contributed by atoms with Gasteiger partial charge in [-0.2, -0.15) is 0 Å². The zero-order valence-electron chi connectivity index (χ0n) is 14.9. The highest BCUT2D eigenvalue weighted by Crippen LogP contribution is 2.32. The second-order valence-corrected chi connectivity index (χ2v) is 7.50. The zero-order chi connectivity index (χ0) is 17.8. The molecule has 2 aliphatic rings. The Kier molecular flexibility index (Phi) is 5.74. The lowest BCUT2D eigenvalue weighted by molar-refractivity contribution is -0.136. The number of carbonyl (C=O) groups is 2. The van der Waals surface area contributed by atoms with Crippen LogP contribution in [-0.2, 0) is 9.59 Å². The summed E-state index contributed by atoms with van der Waals surface area (Å²) in [5, 5.41) is 0. The van der Waals surface area contributed by atoms with E-state index in [9.17, 15) is 9.59 Å². The second-order valence-electron chi connectivity index (χ2n) is 7.50. The fraction of sp³-hybridized carbons (Fsp3) is 0.550. The molecule has 1 radical (unpaired) electrons. The van der Waals surface area contributed by atoms with Crippen LogP contribution in [0.1, 0.15) is 25.3 Å². The molecule has 2 saturated heterocycles. The van der Waals surface area contributed by atoms with E-state index in [2.05, 4.69) is 35.6 Å². The van der Waals surface area contributed by atoms with E-state index in [1.165, 1.54) is 5.56 Å². The molecule has 1 aromatic rings. The third kappa shape index (κ3) is 4.60. The zero-order valence-corrected chi connectivity index (χ0v) is 14.9. The van der Waals surface area contributed by atoms with Crippen LogP contribution in [-0.4, -0.2) is 54.3 Å². The maximum Gasteiger partial charge on any atom is 0.225 e. The number of hydrogen-bond donors (Lipinski definition) is 1. The number of nitrogens with zero attached hydrogens (tertiary/aromatic N) is 2. The van der Waals surface area contributed by atoms with Gasteiger partial charge in [0.2, 0.25) is 11.8 Å². The Morgan fingerprint density at radius 1 is 1.16 bits per heavy atom. The van der Waals surface area contributed by atoms with E-state index in [4.69, 9.17) is 5.73 Å². The number of nitrogens with two attached hydrogens (primary N) is 1. The number of rotatable bonds is 7. The standard InChI is InChI=1S/C20H28N3O2/c1-15(10-19(21)24)20(25)23-13-17-11-22(12-18(17)14-23)9-5-8-16-6-3-2-4-7-16/h2-4,6-8,15,17-18H,5,9-14H2,1H3,(H2,21,24)/t15-,17?,18?/m0/s1. The topological polar surface area (TPSA) is 66.6 Å². The largest absolute Gasteiger partial charge is 0.370 e. The second kappa shape index (κ2) is 8.00. The van der Waals surface area contributed by atoms with Gasteiger partial charge in [-0.25, -0.2) is 0 Å². The summed E-state index contributed by atoms with van der Waals surface area (Å²) < 4.78 is 0. The molecule has 0 bridgehead atoms. The molecule has 3 rings (SSSR count). The quantitative estimate of drug-likeness (QED) is 0.817. The first kappa shape index (κ1) is 17.9. The van der Waals surface area contributed by atoms with Crippen molar-refractivity contribution in [2.75, 3.05) is 32.7 Å². The summed E-state index contributed by atoms with van der Waals surface area (Å²) in [5.74, 6) is 0.522. The van der Waals surface area contributed by atoms with Crippen molar-refractivity contribution < 1.29 is 9.59 Å². The molecule has 5 heteroatoms. The van der Waals surface area contributed by atoms with Gasteiger partial charge in [0.05, 0.1) is 0 Å². The Morgan fingerprint density at radius 2 is 1.80 bits per heavy atom. The minimum Gasteiger partial charge on any atom is -0.370 e. The predicted molar refractivity (Wildman–Crippen MR) is 97.4 cm³/mol. The van der Waals surface area contributed by atoms with Crippen LogP contribution in [0, 0.1) is 24.2 Å². The molecule has 3 atom stereocenters. The van der Waals surface area contributed by atoms with Crippen molar-refractivity contribution in [3.8, 4) is 0 Å². The summed E-state index contributed by atoms with van der Waals surface area (Å²) in [4.78, 5) is 27.9. The number of carbonyl (C=O) groups excluding carboxylic acids is 2. The molecule has 25 heavy (non-hydrogen) atoms. The lowest BCUT2D eigenvalue weighted by atomic mass is 10.0. The molecule has 0 aromatic heterocycles. The molecule has 0 saturated carbocycles. The summed E-state index contributed by atoms with van der Waals surface area (Å²) in [7, 11) is 0. The molecule has 2 aliphatic heterocycles. The number of hydrogen-bond acceptors (Lipinski definition) is 3. The molecule has 0 spiro atoms. The highest BCUT2D eigenvalue weighted by molar-refractivity contribution is 5.85. The van der Waals surface area contributed by atoms with Crippen LogP contribution in [0.2, 0.25) is 0 Å². The van der Waals surface area contributed by atoms with E-state index < -0.39 is 5.91 Å². The molecule has 5 nitrogen and oxygen atoms in total. The first-order chi connectivity index (χ1) is 12.0. The van der Waals surface area contributed by atoms with E-state index >= 15 is 0 Å². The van der Waals surface area contributed by atoms with Crippen LogP contribution < -0.4 is 5.73 Å². The maximum atomic E-state index is 12.4. The third-order valence-corrected chi connectivity index (χ3v) is 5.43. The van der Waals surface area contributed by atoms with E-state index in [0.29, 0.717) is 11.8 Å². The monoisotopic (exact) mass is 342 g/mol. The Bertz CT molecular complexity index is 590. The van der Waals surface area contributed by atoms with Crippen molar-refractivity contribution >= 4 is 11.8 Å². The van der Waals surface area contributed by atoms with Gasteiger partial charge in [-0.1, -0.05) is 37.3 Å². The summed E-state index contributed by atoms with van der Waals surface area (Å²) in [6.07, 6.45) is 3.49. The minimum atomic E-state index is -0.402. The summed E-state index contributed by atoms with van der Waals surface area (Å²) >= 11 is 0. The summed E-state index contributed by atoms with van der Waals surface area (Å²) in [6, 6.07) is 10.4. The van der Waals surface area contributed by atoms with Gasteiger partial charge < -0.3 is 15.5 Å². The first-order valence-electron chi connectivity index (χ1n) is 9.20. The molecule has 2 fully saturated rings. The van der Waals surface area contributed by atoms with Crippen molar-refractivity contribution in [2.45, 2.75) is 19.8 Å². The molecule has 2 unspecified atom stereocenters. The van der Waals surface area contributed by atoms with E-state index in [-0.39, 0.29) is 18.2 Å². The van der Waals surface area contributed by atoms with Crippen LogP contribution in [0.5, 0.6) is 0 Å². The Labute approximate surface area is 150 Å². The molecule has 2 amide bonds. The fourth-order valence-corrected chi connectivity index (χ4v) is 4.16. The Balaban J connectivity index is 1.40. The normalized spacial score (nSPS) is 24.3. The van der Waals surface area contributed by atoms with Crippen LogP contribution >= 0.6 is 0 Å². The third-order valence-electron chi connectivity index (χ3n) is 5.43. The van der Waals surface area contributed by atoms with Gasteiger partial charge >= 0.3 is 0 Å². The molecule has 1 aromatic carbocycles. The van der Waals surface area contributed by atoms with Crippen molar-refractivity contribution in [1.82, 2.24) is 9.80 Å². The van der Waals surface area contributed by atoms with Crippen LogP contribution in [0.15, 0.2) is 30.3 Å². The van der Waals surface area contributed by atoms with Crippen molar-refractivity contribution in [1.29, 1.82) is 0 Å². The van der Waals surface area contributed by atoms with Gasteiger partial charge in [0.25, 0.3) is 0 Å². The highest BCUT2D eigenvalue weighted by atomic mass is 16.2. The predicted octanol–water partition coefficient (Wildman–Crippen LogP) is 1.53. The maximum absolute atomic E-state index is 12.4. The molecule has 135 valence electrons. The summed E-state index contributed by atoms with van der Waals surface area (Å²) in [6.45, 7) is 6.67. The van der Waals surface area contributed by atoms with Crippen molar-refractivity contribution in [3.63, 3.8) is 0 Å². The van der Waals surface area contributed by atoms with Gasteiger partial charge in [-0.15, -0.1) is 0 Å². The minimum absolute atomic E-state index is 0.0807. The van der Waals surface area contributed by atoms with Gasteiger partial charge in [0, 0.05) is 38.5 Å². The van der Waals surface area contributed by atoms with E-state index in [1.54, 1.807) is 6.92 Å². The molecule has 2 N–H and O–H groups in total. The molecular weight excluding hydrogens is 314 g/mol. The smallest absolute Gasteiger partial charge is 0.225 e. The van der Waals surface area contributed by atoms with Gasteiger partial charge in [-0.05, 0) is 36.8 Å². The molecular formula is C20H28N3O2. The van der Waals surface area contributed by atoms with Crippen molar-refractivity contribution in [2.24, 2.45) is 23.5 Å². The number of fused-ring (bicyclic) bond motifs is 1. The number of amides is 2. The Morgan fingerprint density at radius 3 is 2.40 bits per heavy atom. The number of benzene rings is 1. The number of likely N-dealkylation sites (tertiary alicyclic amines) is 2. The molecule has 0 aliphatic carbocycles. The average Bonchev–Trinajstić information content (AvgIpc) is 3.13. The Hall–Kier alpha value is -1.88. The average molecular weight is 342 g/mol. The van der Waals surface area contributed by atoms with E-state index in [1.807, 2.05) is 11.0 Å². The lowest BCUT2D eigenvalue weighted by Gasteiger charge is -2.23. The first-order valence-corrected chi connectivity index (χ1v) is 9.20. The van der Waals surface area contributed by atoms with Crippen LogP contribution in [0.3, 0.4) is 0 Å².